The van der Waals surface area contributed by atoms with Gasteiger partial charge in [-0.3, -0.25) is 4.72 Å². The van der Waals surface area contributed by atoms with Gasteiger partial charge in [-0.1, -0.05) is 30.9 Å². The minimum Gasteiger partial charge on any atom is -0.280 e. The zero-order valence-corrected chi connectivity index (χ0v) is 18.2. The van der Waals surface area contributed by atoms with E-state index in [1.165, 1.54) is 28.6 Å². The molecule has 29 heavy (non-hydrogen) atoms. The van der Waals surface area contributed by atoms with Crippen LogP contribution < -0.4 is 4.72 Å². The fourth-order valence-electron chi connectivity index (χ4n) is 3.40. The Hall–Kier alpha value is -1.68. The highest BCUT2D eigenvalue weighted by molar-refractivity contribution is 7.92. The highest BCUT2D eigenvalue weighted by atomic mass is 35.5. The Morgan fingerprint density at radius 1 is 1.00 bits per heavy atom. The third kappa shape index (κ3) is 4.91. The fraction of sp³-hybridized carbons (Fsp3) is 0.368. The van der Waals surface area contributed by atoms with E-state index in [0.29, 0.717) is 0 Å². The summed E-state index contributed by atoms with van der Waals surface area (Å²) in [6.45, 7) is 0. The molecule has 1 aliphatic rings. The van der Waals surface area contributed by atoms with Crippen molar-refractivity contribution < 1.29 is 21.2 Å². The summed E-state index contributed by atoms with van der Waals surface area (Å²) in [5.41, 5.74) is 0.143. The van der Waals surface area contributed by atoms with Gasteiger partial charge in [0.1, 0.15) is 10.7 Å². The molecule has 0 atom stereocenters. The summed E-state index contributed by atoms with van der Waals surface area (Å²) in [5, 5.41) is -0.118. The van der Waals surface area contributed by atoms with Crippen LogP contribution in [0.1, 0.15) is 32.1 Å². The minimum atomic E-state index is -4.13. The van der Waals surface area contributed by atoms with Gasteiger partial charge in [0.15, 0.2) is 0 Å². The molecule has 0 radical (unpaired) electrons. The first kappa shape index (κ1) is 22.0. The summed E-state index contributed by atoms with van der Waals surface area (Å²) >= 11 is 5.87. The van der Waals surface area contributed by atoms with Crippen LogP contribution >= 0.6 is 11.6 Å². The van der Waals surface area contributed by atoms with Crippen LogP contribution in [0.15, 0.2) is 52.3 Å². The average molecular weight is 461 g/mol. The van der Waals surface area contributed by atoms with Crippen LogP contribution in [0.4, 0.5) is 10.1 Å². The number of benzene rings is 2. The van der Waals surface area contributed by atoms with Gasteiger partial charge in [-0.25, -0.2) is 21.2 Å². The molecule has 0 bridgehead atoms. The van der Waals surface area contributed by atoms with Crippen molar-refractivity contribution in [2.45, 2.75) is 47.9 Å². The van der Waals surface area contributed by atoms with Crippen LogP contribution in [0, 0.1) is 5.82 Å². The Balaban J connectivity index is 1.80. The van der Waals surface area contributed by atoms with Crippen molar-refractivity contribution in [1.29, 1.82) is 0 Å². The Morgan fingerprint density at radius 2 is 1.62 bits per heavy atom. The molecule has 0 aliphatic heterocycles. The van der Waals surface area contributed by atoms with Crippen LogP contribution in [-0.4, -0.2) is 34.2 Å². The Labute approximate surface area is 175 Å². The molecule has 10 heteroatoms. The lowest BCUT2D eigenvalue weighted by Crippen LogP contribution is -2.38. The van der Waals surface area contributed by atoms with E-state index in [0.717, 1.165) is 50.3 Å². The average Bonchev–Trinajstić information content (AvgIpc) is 2.70. The fourth-order valence-corrected chi connectivity index (χ4v) is 6.38. The van der Waals surface area contributed by atoms with E-state index in [-0.39, 0.29) is 21.6 Å². The summed E-state index contributed by atoms with van der Waals surface area (Å²) in [4.78, 5) is -0.315. The van der Waals surface area contributed by atoms with Crippen molar-refractivity contribution in [3.05, 3.63) is 53.3 Å². The molecule has 1 N–H and O–H groups in total. The molecule has 0 unspecified atom stereocenters. The predicted octanol–water partition coefficient (Wildman–Crippen LogP) is 4.23. The summed E-state index contributed by atoms with van der Waals surface area (Å²) in [5.74, 6) is -0.734. The summed E-state index contributed by atoms with van der Waals surface area (Å²) in [7, 11) is -6.23. The zero-order valence-electron chi connectivity index (χ0n) is 15.8. The quantitative estimate of drug-likeness (QED) is 0.699. The molecule has 1 fully saturated rings. The molecule has 6 nitrogen and oxygen atoms in total. The topological polar surface area (TPSA) is 83.6 Å². The molecule has 0 amide bonds. The van der Waals surface area contributed by atoms with Crippen molar-refractivity contribution >= 4 is 37.3 Å². The lowest BCUT2D eigenvalue weighted by Gasteiger charge is -2.30. The first-order chi connectivity index (χ1) is 13.6. The van der Waals surface area contributed by atoms with Gasteiger partial charge in [-0.15, -0.1) is 0 Å². The number of hydrogen-bond acceptors (Lipinski definition) is 4. The number of nitrogens with one attached hydrogen (secondary N) is 1. The lowest BCUT2D eigenvalue weighted by atomic mass is 9.96. The number of rotatable bonds is 6. The van der Waals surface area contributed by atoms with Gasteiger partial charge in [-0.2, -0.15) is 4.31 Å². The molecule has 1 aliphatic carbocycles. The van der Waals surface area contributed by atoms with Crippen LogP contribution in [0.5, 0.6) is 0 Å². The zero-order chi connectivity index (χ0) is 21.2. The van der Waals surface area contributed by atoms with Gasteiger partial charge in [-0.05, 0) is 55.3 Å². The van der Waals surface area contributed by atoms with Crippen molar-refractivity contribution in [2.24, 2.45) is 0 Å². The summed E-state index contributed by atoms with van der Waals surface area (Å²) in [6.07, 6.45) is 4.81. The number of halogens is 2. The van der Waals surface area contributed by atoms with E-state index >= 15 is 0 Å². The van der Waals surface area contributed by atoms with Gasteiger partial charge in [0.2, 0.25) is 10.0 Å². The van der Waals surface area contributed by atoms with Gasteiger partial charge >= 0.3 is 0 Å². The van der Waals surface area contributed by atoms with Crippen molar-refractivity contribution in [3.8, 4) is 0 Å². The second kappa shape index (κ2) is 8.59. The van der Waals surface area contributed by atoms with Gasteiger partial charge in [0, 0.05) is 18.8 Å². The van der Waals surface area contributed by atoms with Crippen molar-refractivity contribution in [2.75, 3.05) is 11.8 Å². The maximum absolute atomic E-state index is 13.4. The van der Waals surface area contributed by atoms with E-state index in [9.17, 15) is 21.2 Å². The van der Waals surface area contributed by atoms with E-state index in [1.807, 2.05) is 0 Å². The minimum absolute atomic E-state index is 0.0259. The molecular weight excluding hydrogens is 439 g/mol. The van der Waals surface area contributed by atoms with E-state index in [4.69, 9.17) is 11.6 Å². The molecule has 0 heterocycles. The van der Waals surface area contributed by atoms with E-state index in [1.54, 1.807) is 7.05 Å². The second-order valence-electron chi connectivity index (χ2n) is 7.02. The smallest absolute Gasteiger partial charge is 0.263 e. The van der Waals surface area contributed by atoms with Gasteiger partial charge in [0.25, 0.3) is 10.0 Å². The summed E-state index contributed by atoms with van der Waals surface area (Å²) < 4.78 is 67.8. The first-order valence-electron chi connectivity index (χ1n) is 9.17. The third-order valence-electron chi connectivity index (χ3n) is 5.06. The van der Waals surface area contributed by atoms with Gasteiger partial charge in [0.05, 0.1) is 9.92 Å². The number of hydrogen-bond donors (Lipinski definition) is 1. The molecule has 0 aromatic heterocycles. The molecule has 0 spiro atoms. The molecule has 2 aromatic carbocycles. The van der Waals surface area contributed by atoms with Gasteiger partial charge < -0.3 is 0 Å². The molecule has 1 saturated carbocycles. The van der Waals surface area contributed by atoms with Crippen molar-refractivity contribution in [1.82, 2.24) is 4.31 Å². The largest absolute Gasteiger partial charge is 0.280 e. The Morgan fingerprint density at radius 3 is 2.24 bits per heavy atom. The number of sulfonamides is 2. The Kier molecular flexibility index (Phi) is 6.52. The van der Waals surface area contributed by atoms with Crippen LogP contribution in [0.25, 0.3) is 0 Å². The third-order valence-corrected chi connectivity index (χ3v) is 8.84. The molecule has 3 rings (SSSR count). The maximum Gasteiger partial charge on any atom is 0.263 e. The molecule has 2 aromatic rings. The summed E-state index contributed by atoms with van der Waals surface area (Å²) in [6, 6.07) is 8.41. The van der Waals surface area contributed by atoms with E-state index < -0.39 is 30.8 Å². The molecular formula is C19H22ClFN2O4S2. The van der Waals surface area contributed by atoms with Crippen molar-refractivity contribution in [3.63, 3.8) is 0 Å². The predicted molar refractivity (Wildman–Crippen MR) is 110 cm³/mol. The Bertz CT molecular complexity index is 1080. The highest BCUT2D eigenvalue weighted by Crippen LogP contribution is 2.28. The number of anilines is 1. The number of nitrogens with zero attached hydrogens (tertiary/aromatic N) is 1. The normalized spacial score (nSPS) is 16.1. The van der Waals surface area contributed by atoms with Crippen LogP contribution in [0.2, 0.25) is 5.02 Å². The van der Waals surface area contributed by atoms with E-state index in [2.05, 4.69) is 4.72 Å². The SMILES string of the molecule is CN(C1CCCCC1)S(=O)(=O)c1ccc(NS(=O)(=O)c2cc(F)ccc2Cl)cc1. The molecule has 158 valence electrons. The van der Waals surface area contributed by atoms with Crippen LogP contribution in [-0.2, 0) is 20.0 Å². The second-order valence-corrected chi connectivity index (χ2v) is 11.1. The highest BCUT2D eigenvalue weighted by Gasteiger charge is 2.29. The first-order valence-corrected chi connectivity index (χ1v) is 12.5. The maximum atomic E-state index is 13.4. The standard InChI is InChI=1S/C19H22ClFN2O4S2/c1-23(16-5-3-2-4-6-16)29(26,27)17-10-8-15(9-11-17)22-28(24,25)19-13-14(21)7-12-18(19)20/h7-13,16,22H,2-6H2,1H3. The molecule has 0 saturated heterocycles. The van der Waals surface area contributed by atoms with Crippen LogP contribution in [0.3, 0.4) is 0 Å². The monoisotopic (exact) mass is 460 g/mol. The lowest BCUT2D eigenvalue weighted by molar-refractivity contribution is 0.286.